The van der Waals surface area contributed by atoms with E-state index < -0.39 is 17.5 Å². The predicted molar refractivity (Wildman–Crippen MR) is 66.3 cm³/mol. The van der Waals surface area contributed by atoms with E-state index in [1.165, 1.54) is 0 Å². The zero-order valence-electron chi connectivity index (χ0n) is 10.0. The maximum Gasteiger partial charge on any atom is 0.161 e. The zero-order valence-corrected chi connectivity index (χ0v) is 10.9. The molecule has 0 unspecified atom stereocenters. The minimum Gasteiger partial charge on any atom is -0.312 e. The van der Waals surface area contributed by atoms with Crippen molar-refractivity contribution in [3.05, 3.63) is 35.1 Å². The number of piperazine rings is 1. The van der Waals surface area contributed by atoms with Crippen LogP contribution in [0.4, 0.5) is 13.2 Å². The highest BCUT2D eigenvalue weighted by Crippen LogP contribution is 2.16. The Kier molecular flexibility index (Phi) is 5.44. The lowest BCUT2D eigenvalue weighted by atomic mass is 10.1. The molecule has 1 heterocycles. The Morgan fingerprint density at radius 2 is 1.89 bits per heavy atom. The van der Waals surface area contributed by atoms with Crippen molar-refractivity contribution in [1.82, 2.24) is 10.2 Å². The average molecular weight is 281 g/mol. The zero-order chi connectivity index (χ0) is 12.4. The Morgan fingerprint density at radius 1 is 1.22 bits per heavy atom. The standard InChI is InChI=1S/C12H15F3N2.ClH/c1-8-6-17(3-2-16-8)7-9-4-11(14)12(15)5-10(9)13;/h4-5,8,16H,2-3,6-7H2,1H3;1H/t8-;/m1./s1. The van der Waals surface area contributed by atoms with Crippen molar-refractivity contribution in [2.24, 2.45) is 0 Å². The van der Waals surface area contributed by atoms with Gasteiger partial charge >= 0.3 is 0 Å². The molecule has 2 rings (SSSR count). The van der Waals surface area contributed by atoms with Gasteiger partial charge in [0, 0.05) is 43.9 Å². The Labute approximate surface area is 111 Å². The van der Waals surface area contributed by atoms with E-state index in [4.69, 9.17) is 0 Å². The SMILES string of the molecule is C[C@@H]1CN(Cc2cc(F)c(F)cc2F)CCN1.Cl. The average Bonchev–Trinajstić information content (AvgIpc) is 2.26. The summed E-state index contributed by atoms with van der Waals surface area (Å²) in [5.74, 6) is -2.82. The van der Waals surface area contributed by atoms with Crippen molar-refractivity contribution >= 4 is 12.4 Å². The molecule has 6 heteroatoms. The van der Waals surface area contributed by atoms with Gasteiger partial charge in [0.15, 0.2) is 11.6 Å². The van der Waals surface area contributed by atoms with Gasteiger partial charge in [-0.15, -0.1) is 12.4 Å². The molecule has 102 valence electrons. The van der Waals surface area contributed by atoms with Crippen LogP contribution in [0.1, 0.15) is 12.5 Å². The number of rotatable bonds is 2. The van der Waals surface area contributed by atoms with Crippen LogP contribution >= 0.6 is 12.4 Å². The highest BCUT2D eigenvalue weighted by molar-refractivity contribution is 5.85. The van der Waals surface area contributed by atoms with Crippen LogP contribution in [0, 0.1) is 17.5 Å². The van der Waals surface area contributed by atoms with Crippen LogP contribution in [0.3, 0.4) is 0 Å². The molecule has 1 atom stereocenters. The van der Waals surface area contributed by atoms with Crippen LogP contribution in [0.25, 0.3) is 0 Å². The fourth-order valence-corrected chi connectivity index (χ4v) is 2.08. The van der Waals surface area contributed by atoms with E-state index in [2.05, 4.69) is 5.32 Å². The molecule has 0 spiro atoms. The summed E-state index contributed by atoms with van der Waals surface area (Å²) in [6.45, 7) is 4.73. The number of nitrogens with one attached hydrogen (secondary N) is 1. The summed E-state index contributed by atoms with van der Waals surface area (Å²) in [5.41, 5.74) is 0.206. The lowest BCUT2D eigenvalue weighted by molar-refractivity contribution is 0.197. The fraction of sp³-hybridized carbons (Fsp3) is 0.500. The lowest BCUT2D eigenvalue weighted by Gasteiger charge is -2.31. The normalized spacial score (nSPS) is 20.6. The third-order valence-electron chi connectivity index (χ3n) is 2.94. The lowest BCUT2D eigenvalue weighted by Crippen LogP contribution is -2.48. The molecule has 18 heavy (non-hydrogen) atoms. The largest absolute Gasteiger partial charge is 0.312 e. The van der Waals surface area contributed by atoms with Gasteiger partial charge in [0.2, 0.25) is 0 Å². The molecule has 0 aromatic heterocycles. The minimum absolute atomic E-state index is 0. The van der Waals surface area contributed by atoms with Gasteiger partial charge in [0.1, 0.15) is 5.82 Å². The summed E-state index contributed by atoms with van der Waals surface area (Å²) < 4.78 is 39.2. The minimum atomic E-state index is -1.14. The molecular weight excluding hydrogens is 265 g/mol. The monoisotopic (exact) mass is 280 g/mol. The van der Waals surface area contributed by atoms with Gasteiger partial charge in [-0.25, -0.2) is 13.2 Å². The van der Waals surface area contributed by atoms with E-state index in [1.54, 1.807) is 0 Å². The van der Waals surface area contributed by atoms with Gasteiger partial charge in [-0.05, 0) is 13.0 Å². The molecule has 0 saturated carbocycles. The van der Waals surface area contributed by atoms with E-state index in [0.717, 1.165) is 25.7 Å². The Morgan fingerprint density at radius 3 is 2.56 bits per heavy atom. The molecule has 0 bridgehead atoms. The summed E-state index contributed by atoms with van der Waals surface area (Å²) in [6.07, 6.45) is 0. The van der Waals surface area contributed by atoms with Crippen molar-refractivity contribution in [2.75, 3.05) is 19.6 Å². The first-order chi connectivity index (χ1) is 8.06. The second kappa shape index (κ2) is 6.41. The number of nitrogens with zero attached hydrogens (tertiary/aromatic N) is 1. The molecule has 0 amide bonds. The first-order valence-corrected chi connectivity index (χ1v) is 5.65. The molecule has 1 aliphatic rings. The van der Waals surface area contributed by atoms with Crippen LogP contribution in [0.5, 0.6) is 0 Å². The number of hydrogen-bond acceptors (Lipinski definition) is 2. The van der Waals surface area contributed by atoms with Gasteiger partial charge in [0.25, 0.3) is 0 Å². The van der Waals surface area contributed by atoms with Crippen LogP contribution in [-0.2, 0) is 6.54 Å². The van der Waals surface area contributed by atoms with E-state index in [0.29, 0.717) is 18.7 Å². The summed E-state index contributed by atoms with van der Waals surface area (Å²) in [6, 6.07) is 1.88. The van der Waals surface area contributed by atoms with Gasteiger partial charge in [-0.2, -0.15) is 0 Å². The summed E-state index contributed by atoms with van der Waals surface area (Å²) in [5, 5.41) is 3.26. The van der Waals surface area contributed by atoms with E-state index in [1.807, 2.05) is 11.8 Å². The highest BCUT2D eigenvalue weighted by Gasteiger charge is 2.18. The van der Waals surface area contributed by atoms with Gasteiger partial charge in [-0.1, -0.05) is 0 Å². The number of benzene rings is 1. The highest BCUT2D eigenvalue weighted by atomic mass is 35.5. The van der Waals surface area contributed by atoms with Crippen LogP contribution in [0.15, 0.2) is 12.1 Å². The van der Waals surface area contributed by atoms with Crippen molar-refractivity contribution in [3.63, 3.8) is 0 Å². The molecule has 1 fully saturated rings. The van der Waals surface area contributed by atoms with Crippen molar-refractivity contribution < 1.29 is 13.2 Å². The molecule has 1 saturated heterocycles. The van der Waals surface area contributed by atoms with Gasteiger partial charge < -0.3 is 5.32 Å². The van der Waals surface area contributed by atoms with Crippen LogP contribution < -0.4 is 5.32 Å². The molecule has 0 radical (unpaired) electrons. The predicted octanol–water partition coefficient (Wildman–Crippen LogP) is 2.32. The second-order valence-corrected chi connectivity index (χ2v) is 4.45. The molecule has 2 nitrogen and oxygen atoms in total. The third-order valence-corrected chi connectivity index (χ3v) is 2.94. The second-order valence-electron chi connectivity index (χ2n) is 4.45. The first kappa shape index (κ1) is 15.3. The maximum atomic E-state index is 13.4. The molecular formula is C12H16ClF3N2. The van der Waals surface area contributed by atoms with Crippen molar-refractivity contribution in [1.29, 1.82) is 0 Å². The van der Waals surface area contributed by atoms with E-state index in [-0.39, 0.29) is 18.0 Å². The molecule has 1 N–H and O–H groups in total. The summed E-state index contributed by atoms with van der Waals surface area (Å²) in [4.78, 5) is 2.02. The molecule has 1 aliphatic heterocycles. The maximum absolute atomic E-state index is 13.4. The topological polar surface area (TPSA) is 15.3 Å². The molecule has 0 aliphatic carbocycles. The van der Waals surface area contributed by atoms with Crippen LogP contribution in [-0.4, -0.2) is 30.6 Å². The Balaban J connectivity index is 0.00000162. The first-order valence-electron chi connectivity index (χ1n) is 5.65. The Bertz CT molecular complexity index is 415. The fourth-order valence-electron chi connectivity index (χ4n) is 2.08. The van der Waals surface area contributed by atoms with Crippen molar-refractivity contribution in [2.45, 2.75) is 19.5 Å². The molecule has 1 aromatic rings. The van der Waals surface area contributed by atoms with Crippen LogP contribution in [0.2, 0.25) is 0 Å². The third kappa shape index (κ3) is 3.60. The van der Waals surface area contributed by atoms with E-state index >= 15 is 0 Å². The quantitative estimate of drug-likeness (QED) is 0.837. The van der Waals surface area contributed by atoms with Gasteiger partial charge in [0.05, 0.1) is 0 Å². The Hall–Kier alpha value is -0.780. The summed E-state index contributed by atoms with van der Waals surface area (Å²) >= 11 is 0. The van der Waals surface area contributed by atoms with E-state index in [9.17, 15) is 13.2 Å². The summed E-state index contributed by atoms with van der Waals surface area (Å²) in [7, 11) is 0. The van der Waals surface area contributed by atoms with Gasteiger partial charge in [-0.3, -0.25) is 4.90 Å². The van der Waals surface area contributed by atoms with Crippen molar-refractivity contribution in [3.8, 4) is 0 Å². The number of hydrogen-bond donors (Lipinski definition) is 1. The molecule has 1 aromatic carbocycles. The number of halogens is 4. The smallest absolute Gasteiger partial charge is 0.161 e.